The first kappa shape index (κ1) is 9.48. The lowest BCUT2D eigenvalue weighted by Crippen LogP contribution is -2.44. The molecule has 12 heavy (non-hydrogen) atoms. The summed E-state index contributed by atoms with van der Waals surface area (Å²) in [6.07, 6.45) is 3.57. The molecule has 4 heteroatoms. The Morgan fingerprint density at radius 1 is 1.58 bits per heavy atom. The molecule has 1 unspecified atom stereocenters. The summed E-state index contributed by atoms with van der Waals surface area (Å²) in [7, 11) is 0. The Morgan fingerprint density at radius 3 is 3.00 bits per heavy atom. The van der Waals surface area contributed by atoms with Crippen LogP contribution >= 0.6 is 0 Å². The minimum Gasteiger partial charge on any atom is -0.387 e. The molecular formula is C8H16N2O2. The summed E-state index contributed by atoms with van der Waals surface area (Å²) in [4.78, 5) is 10.7. The Kier molecular flexibility index (Phi) is 4.04. The highest BCUT2D eigenvalue weighted by Gasteiger charge is 2.12. The van der Waals surface area contributed by atoms with Crippen LogP contribution in [0.1, 0.15) is 19.3 Å². The van der Waals surface area contributed by atoms with Gasteiger partial charge >= 0.3 is 0 Å². The van der Waals surface area contributed by atoms with Gasteiger partial charge in [-0.2, -0.15) is 0 Å². The molecule has 0 aromatic rings. The molecule has 1 aliphatic rings. The van der Waals surface area contributed by atoms with E-state index in [1.807, 2.05) is 0 Å². The number of amides is 1. The summed E-state index contributed by atoms with van der Waals surface area (Å²) in [6.45, 7) is 1.27. The molecule has 0 aliphatic carbocycles. The van der Waals surface area contributed by atoms with E-state index in [1.54, 1.807) is 0 Å². The molecule has 1 heterocycles. The Bertz CT molecular complexity index is 144. The fourth-order valence-electron chi connectivity index (χ4n) is 1.39. The van der Waals surface area contributed by atoms with Crippen LogP contribution in [-0.2, 0) is 4.79 Å². The van der Waals surface area contributed by atoms with Crippen molar-refractivity contribution in [3.8, 4) is 0 Å². The van der Waals surface area contributed by atoms with E-state index in [4.69, 9.17) is 5.11 Å². The molecule has 0 aromatic carbocycles. The molecule has 3 N–H and O–H groups in total. The smallest absolute Gasteiger partial charge is 0.245 e. The largest absolute Gasteiger partial charge is 0.387 e. The minimum absolute atomic E-state index is 0.289. The molecule has 0 bridgehead atoms. The molecular weight excluding hydrogens is 156 g/mol. The topological polar surface area (TPSA) is 61.4 Å². The predicted molar refractivity (Wildman–Crippen MR) is 45.7 cm³/mol. The third-order valence-electron chi connectivity index (χ3n) is 2.10. The van der Waals surface area contributed by atoms with E-state index in [1.165, 1.54) is 12.8 Å². The van der Waals surface area contributed by atoms with Gasteiger partial charge < -0.3 is 15.7 Å². The quantitative estimate of drug-likeness (QED) is 0.524. The van der Waals surface area contributed by atoms with Crippen LogP contribution in [0.2, 0.25) is 0 Å². The zero-order valence-corrected chi connectivity index (χ0v) is 7.18. The van der Waals surface area contributed by atoms with E-state index in [0.717, 1.165) is 13.0 Å². The molecule has 0 aromatic heterocycles. The monoisotopic (exact) mass is 172 g/mol. The second kappa shape index (κ2) is 5.11. The van der Waals surface area contributed by atoms with E-state index < -0.39 is 6.61 Å². The number of aliphatic hydroxyl groups is 1. The summed E-state index contributed by atoms with van der Waals surface area (Å²) >= 11 is 0. The van der Waals surface area contributed by atoms with Crippen molar-refractivity contribution in [2.75, 3.05) is 19.7 Å². The summed E-state index contributed by atoms with van der Waals surface area (Å²) in [5.74, 6) is -0.289. The Balaban J connectivity index is 2.09. The summed E-state index contributed by atoms with van der Waals surface area (Å²) in [5, 5.41) is 14.4. The lowest BCUT2D eigenvalue weighted by Gasteiger charge is -2.23. The molecule has 0 radical (unpaired) electrons. The van der Waals surface area contributed by atoms with Crippen LogP contribution in [0.15, 0.2) is 0 Å². The van der Waals surface area contributed by atoms with E-state index in [9.17, 15) is 4.79 Å². The zero-order valence-electron chi connectivity index (χ0n) is 7.18. The molecule has 1 amide bonds. The number of piperidine rings is 1. The van der Waals surface area contributed by atoms with Crippen LogP contribution < -0.4 is 10.6 Å². The SMILES string of the molecule is O=C(CO)NCC1CCCCN1. The van der Waals surface area contributed by atoms with Crippen LogP contribution in [0.4, 0.5) is 0 Å². The number of aliphatic hydroxyl groups excluding tert-OH is 1. The van der Waals surface area contributed by atoms with Gasteiger partial charge in [-0.25, -0.2) is 0 Å². The highest BCUT2D eigenvalue weighted by atomic mass is 16.3. The minimum atomic E-state index is -0.410. The van der Waals surface area contributed by atoms with Gasteiger partial charge in [-0.15, -0.1) is 0 Å². The van der Waals surface area contributed by atoms with Gasteiger partial charge in [0.15, 0.2) is 0 Å². The van der Waals surface area contributed by atoms with Crippen LogP contribution in [0.25, 0.3) is 0 Å². The highest BCUT2D eigenvalue weighted by molar-refractivity contribution is 5.76. The third-order valence-corrected chi connectivity index (χ3v) is 2.10. The third kappa shape index (κ3) is 3.19. The zero-order chi connectivity index (χ0) is 8.81. The maximum atomic E-state index is 10.7. The summed E-state index contributed by atoms with van der Waals surface area (Å²) in [6, 6.07) is 0.397. The van der Waals surface area contributed by atoms with Crippen molar-refractivity contribution >= 4 is 5.91 Å². The van der Waals surface area contributed by atoms with Gasteiger partial charge in [-0.1, -0.05) is 6.42 Å². The predicted octanol–water partition coefficient (Wildman–Crippen LogP) is -0.763. The molecule has 70 valence electrons. The first-order valence-corrected chi connectivity index (χ1v) is 4.44. The molecule has 0 saturated carbocycles. The van der Waals surface area contributed by atoms with E-state index in [-0.39, 0.29) is 5.91 Å². The fourth-order valence-corrected chi connectivity index (χ4v) is 1.39. The second-order valence-electron chi connectivity index (χ2n) is 3.11. The number of hydrogen-bond acceptors (Lipinski definition) is 3. The van der Waals surface area contributed by atoms with Gasteiger partial charge in [-0.05, 0) is 19.4 Å². The number of rotatable bonds is 3. The molecule has 4 nitrogen and oxygen atoms in total. The average Bonchev–Trinajstić information content (AvgIpc) is 2.16. The van der Waals surface area contributed by atoms with E-state index >= 15 is 0 Å². The Morgan fingerprint density at radius 2 is 2.42 bits per heavy atom. The van der Waals surface area contributed by atoms with Crippen molar-refractivity contribution < 1.29 is 9.90 Å². The Labute approximate surface area is 72.3 Å². The fraction of sp³-hybridized carbons (Fsp3) is 0.875. The molecule has 0 spiro atoms. The van der Waals surface area contributed by atoms with E-state index in [2.05, 4.69) is 10.6 Å². The molecule has 1 atom stereocenters. The molecule has 1 rings (SSSR count). The van der Waals surface area contributed by atoms with Gasteiger partial charge in [0.2, 0.25) is 5.91 Å². The van der Waals surface area contributed by atoms with Gasteiger partial charge in [0.05, 0.1) is 0 Å². The summed E-state index contributed by atoms with van der Waals surface area (Å²) < 4.78 is 0. The standard InChI is InChI=1S/C8H16N2O2/c11-6-8(12)10-5-7-3-1-2-4-9-7/h7,9,11H,1-6H2,(H,10,12). The number of carbonyl (C=O) groups excluding carboxylic acids is 1. The van der Waals surface area contributed by atoms with Crippen molar-refractivity contribution in [1.29, 1.82) is 0 Å². The van der Waals surface area contributed by atoms with Crippen molar-refractivity contribution in [2.24, 2.45) is 0 Å². The second-order valence-corrected chi connectivity index (χ2v) is 3.11. The lowest BCUT2D eigenvalue weighted by molar-refractivity contribution is -0.123. The maximum Gasteiger partial charge on any atom is 0.245 e. The van der Waals surface area contributed by atoms with Crippen LogP contribution in [0, 0.1) is 0 Å². The number of nitrogens with one attached hydrogen (secondary N) is 2. The molecule has 1 fully saturated rings. The molecule has 1 saturated heterocycles. The van der Waals surface area contributed by atoms with Crippen molar-refractivity contribution in [3.05, 3.63) is 0 Å². The number of carbonyl (C=O) groups is 1. The number of hydrogen-bond donors (Lipinski definition) is 3. The van der Waals surface area contributed by atoms with Gasteiger partial charge in [0.25, 0.3) is 0 Å². The first-order chi connectivity index (χ1) is 5.83. The average molecular weight is 172 g/mol. The van der Waals surface area contributed by atoms with Crippen LogP contribution in [-0.4, -0.2) is 36.8 Å². The maximum absolute atomic E-state index is 10.7. The van der Waals surface area contributed by atoms with Crippen molar-refractivity contribution in [2.45, 2.75) is 25.3 Å². The molecule has 1 aliphatic heterocycles. The normalized spacial score (nSPS) is 23.6. The van der Waals surface area contributed by atoms with Crippen LogP contribution in [0.5, 0.6) is 0 Å². The lowest BCUT2D eigenvalue weighted by atomic mass is 10.1. The van der Waals surface area contributed by atoms with Gasteiger partial charge in [0.1, 0.15) is 6.61 Å². The highest BCUT2D eigenvalue weighted by Crippen LogP contribution is 2.05. The summed E-state index contributed by atoms with van der Waals surface area (Å²) in [5.41, 5.74) is 0. The van der Waals surface area contributed by atoms with Gasteiger partial charge in [-0.3, -0.25) is 4.79 Å². The van der Waals surface area contributed by atoms with Gasteiger partial charge in [0, 0.05) is 12.6 Å². The van der Waals surface area contributed by atoms with Crippen molar-refractivity contribution in [3.63, 3.8) is 0 Å². The van der Waals surface area contributed by atoms with Crippen LogP contribution in [0.3, 0.4) is 0 Å². The first-order valence-electron chi connectivity index (χ1n) is 4.44. The Hall–Kier alpha value is -0.610. The van der Waals surface area contributed by atoms with E-state index in [0.29, 0.717) is 12.6 Å². The van der Waals surface area contributed by atoms with Crippen molar-refractivity contribution in [1.82, 2.24) is 10.6 Å².